The van der Waals surface area contributed by atoms with E-state index < -0.39 is 58.5 Å². The lowest BCUT2D eigenvalue weighted by Crippen LogP contribution is -2.69. The number of halogens is 2. The van der Waals surface area contributed by atoms with Crippen LogP contribution in [0.3, 0.4) is 0 Å². The molecule has 5 aliphatic rings. The van der Waals surface area contributed by atoms with Gasteiger partial charge in [0.2, 0.25) is 5.60 Å². The van der Waals surface area contributed by atoms with E-state index in [2.05, 4.69) is 0 Å². The molecule has 3 saturated carbocycles. The molecule has 1 saturated heterocycles. The summed E-state index contributed by atoms with van der Waals surface area (Å²) < 4.78 is 22.9. The number of carbonyl (C=O) groups is 3. The van der Waals surface area contributed by atoms with Crippen LogP contribution in [0.15, 0.2) is 48.1 Å². The number of benzene rings is 1. The molecule has 1 heterocycles. The number of ether oxygens (including phenoxy) is 1. The third kappa shape index (κ3) is 3.39. The molecule has 1 aromatic rings. The number of anilines is 1. The maximum atomic E-state index is 17.5. The fourth-order valence-electron chi connectivity index (χ4n) is 8.60. The number of hydroxylamine groups is 1. The highest BCUT2D eigenvalue weighted by Crippen LogP contribution is 2.72. The minimum atomic E-state index is -2.04. The van der Waals surface area contributed by atoms with Gasteiger partial charge in [-0.3, -0.25) is 19.5 Å². The number of primary amides is 1. The van der Waals surface area contributed by atoms with Gasteiger partial charge in [-0.05, 0) is 74.9 Å². The highest BCUT2D eigenvalue weighted by molar-refractivity contribution is 6.30. The quantitative estimate of drug-likeness (QED) is 0.543. The van der Waals surface area contributed by atoms with Crippen molar-refractivity contribution in [2.75, 3.05) is 18.2 Å². The Hall–Kier alpha value is -2.75. The van der Waals surface area contributed by atoms with Crippen LogP contribution in [-0.4, -0.2) is 53.3 Å². The number of aliphatic hydroxyl groups is 1. The molecular weight excluding hydrogens is 527 g/mol. The summed E-state index contributed by atoms with van der Waals surface area (Å²) >= 11 is 6.07. The van der Waals surface area contributed by atoms with Crippen molar-refractivity contribution in [1.29, 1.82) is 0 Å². The van der Waals surface area contributed by atoms with E-state index in [-0.39, 0.29) is 18.1 Å². The van der Waals surface area contributed by atoms with Crippen LogP contribution in [0.5, 0.6) is 0 Å². The third-order valence-electron chi connectivity index (χ3n) is 10.4. The molecule has 8 atom stereocenters. The Morgan fingerprint density at radius 2 is 1.97 bits per heavy atom. The first-order valence-electron chi connectivity index (χ1n) is 13.4. The van der Waals surface area contributed by atoms with E-state index in [1.54, 1.807) is 42.3 Å². The number of rotatable bonds is 4. The maximum absolute atomic E-state index is 17.5. The van der Waals surface area contributed by atoms with Crippen LogP contribution < -0.4 is 10.8 Å². The van der Waals surface area contributed by atoms with Gasteiger partial charge in [0.1, 0.15) is 0 Å². The SMILES string of the molecule is C[C@]12C=CC(=O)C=C1CC[C@H]1[C@@H]3C[C@H]4CN(c5ccc(Cl)cc5)O[C@@]4(C(=O)OCC(N)=O)[C@@]3(C)C[C@H](O)[C@@]12F. The largest absolute Gasteiger partial charge is 0.453 e. The summed E-state index contributed by atoms with van der Waals surface area (Å²) in [5.41, 5.74) is 0.897. The molecule has 39 heavy (non-hydrogen) atoms. The Morgan fingerprint density at radius 1 is 1.26 bits per heavy atom. The number of nitrogens with zero attached hydrogens (tertiary/aromatic N) is 1. The molecule has 3 N–H and O–H groups in total. The normalized spacial score (nSPS) is 42.2. The van der Waals surface area contributed by atoms with Gasteiger partial charge in [-0.1, -0.05) is 30.2 Å². The molecule has 1 aromatic carbocycles. The van der Waals surface area contributed by atoms with Crippen molar-refractivity contribution in [3.8, 4) is 0 Å². The molecule has 0 spiro atoms. The van der Waals surface area contributed by atoms with Gasteiger partial charge in [0, 0.05) is 27.7 Å². The van der Waals surface area contributed by atoms with Gasteiger partial charge in [0.25, 0.3) is 5.91 Å². The number of nitrogens with two attached hydrogens (primary N) is 1. The molecule has 0 aromatic heterocycles. The van der Waals surface area contributed by atoms with Gasteiger partial charge in [-0.15, -0.1) is 0 Å². The summed E-state index contributed by atoms with van der Waals surface area (Å²) in [6, 6.07) is 6.99. The van der Waals surface area contributed by atoms with Crippen LogP contribution in [0.2, 0.25) is 5.02 Å². The summed E-state index contributed by atoms with van der Waals surface area (Å²) in [5, 5.41) is 13.8. The number of hydrogen-bond donors (Lipinski definition) is 2. The zero-order chi connectivity index (χ0) is 28.0. The lowest BCUT2D eigenvalue weighted by atomic mass is 9.45. The molecule has 0 bridgehead atoms. The van der Waals surface area contributed by atoms with Crippen LogP contribution in [-0.2, 0) is 24.0 Å². The van der Waals surface area contributed by atoms with E-state index in [1.807, 2.05) is 6.92 Å². The molecule has 0 radical (unpaired) electrons. The topological polar surface area (TPSA) is 119 Å². The van der Waals surface area contributed by atoms with Crippen LogP contribution >= 0.6 is 11.6 Å². The molecular formula is C29H32ClFN2O6. The fraction of sp³-hybridized carbons (Fsp3) is 0.552. The first-order chi connectivity index (χ1) is 18.4. The molecule has 8 nitrogen and oxygen atoms in total. The fourth-order valence-corrected chi connectivity index (χ4v) is 8.73. The van der Waals surface area contributed by atoms with Crippen LogP contribution in [0.1, 0.15) is 39.5 Å². The zero-order valence-corrected chi connectivity index (χ0v) is 22.6. The average Bonchev–Trinajstić information content (AvgIpc) is 3.38. The summed E-state index contributed by atoms with van der Waals surface area (Å²) in [7, 11) is 0. The number of allylic oxidation sites excluding steroid dienone is 4. The van der Waals surface area contributed by atoms with E-state index in [0.717, 1.165) is 0 Å². The number of alkyl halides is 1. The lowest BCUT2D eigenvalue weighted by molar-refractivity contribution is -0.232. The number of esters is 1. The predicted octanol–water partition coefficient (Wildman–Crippen LogP) is 3.46. The Bertz CT molecular complexity index is 1320. The van der Waals surface area contributed by atoms with Crippen LogP contribution in [0, 0.1) is 28.6 Å². The summed E-state index contributed by atoms with van der Waals surface area (Å²) in [5.74, 6) is -3.03. The van der Waals surface area contributed by atoms with E-state index in [9.17, 15) is 19.5 Å². The highest BCUT2D eigenvalue weighted by Gasteiger charge is 2.79. The average molecular weight is 559 g/mol. The molecule has 4 fully saturated rings. The summed E-state index contributed by atoms with van der Waals surface area (Å²) in [6.07, 6.45) is 4.39. The number of amides is 1. The summed E-state index contributed by atoms with van der Waals surface area (Å²) in [4.78, 5) is 44.0. The van der Waals surface area contributed by atoms with Crippen molar-refractivity contribution in [3.05, 3.63) is 53.1 Å². The summed E-state index contributed by atoms with van der Waals surface area (Å²) in [6.45, 7) is 3.34. The van der Waals surface area contributed by atoms with Crippen LogP contribution in [0.25, 0.3) is 0 Å². The van der Waals surface area contributed by atoms with Crippen molar-refractivity contribution in [1.82, 2.24) is 0 Å². The second-order valence-electron chi connectivity index (χ2n) is 12.1. The smallest absolute Gasteiger partial charge is 0.342 e. The minimum Gasteiger partial charge on any atom is -0.453 e. The molecule has 1 amide bonds. The van der Waals surface area contributed by atoms with Crippen LogP contribution in [0.4, 0.5) is 10.1 Å². The maximum Gasteiger partial charge on any atom is 0.342 e. The zero-order valence-electron chi connectivity index (χ0n) is 21.9. The number of ketones is 1. The Labute approximate surface area is 230 Å². The Balaban J connectivity index is 1.42. The first-order valence-corrected chi connectivity index (χ1v) is 13.7. The minimum absolute atomic E-state index is 0.0635. The van der Waals surface area contributed by atoms with Gasteiger partial charge < -0.3 is 15.6 Å². The van der Waals surface area contributed by atoms with Crippen molar-refractivity contribution >= 4 is 34.9 Å². The molecule has 208 valence electrons. The van der Waals surface area contributed by atoms with E-state index >= 15 is 4.39 Å². The Morgan fingerprint density at radius 3 is 2.67 bits per heavy atom. The number of aliphatic hydroxyl groups excluding tert-OH is 1. The van der Waals surface area contributed by atoms with Gasteiger partial charge in [0.15, 0.2) is 18.1 Å². The van der Waals surface area contributed by atoms with E-state index in [0.29, 0.717) is 42.1 Å². The lowest BCUT2D eigenvalue weighted by Gasteiger charge is -2.62. The van der Waals surface area contributed by atoms with E-state index in [4.69, 9.17) is 26.9 Å². The van der Waals surface area contributed by atoms with E-state index in [1.165, 1.54) is 12.2 Å². The molecule has 10 heteroatoms. The standard InChI is InChI=1S/C29H32ClFN2O6/c1-26-10-9-20(34)11-16(26)3-8-21-22-12-17-14-33(19-6-4-18(30)5-7-19)39-29(17,25(37)38-15-24(32)36)27(22,2)13-23(35)28(21,26)31/h4-7,9-11,17,21-23,35H,3,8,12-15H2,1-2H3,(H2,32,36)/t17-,21-,22-,23-,26-,27-,28-,29-/m0/s1. The number of carbonyl (C=O) groups excluding carboxylic acids is 3. The predicted molar refractivity (Wildman–Crippen MR) is 140 cm³/mol. The molecule has 6 rings (SSSR count). The van der Waals surface area contributed by atoms with Gasteiger partial charge in [0.05, 0.1) is 18.3 Å². The number of hydrogen-bond acceptors (Lipinski definition) is 7. The Kier molecular flexibility index (Phi) is 5.85. The van der Waals surface area contributed by atoms with Crippen molar-refractivity contribution in [3.63, 3.8) is 0 Å². The molecule has 1 aliphatic heterocycles. The van der Waals surface area contributed by atoms with Gasteiger partial charge in [-0.25, -0.2) is 9.18 Å². The third-order valence-corrected chi connectivity index (χ3v) is 10.6. The molecule has 4 aliphatic carbocycles. The molecule has 0 unspecified atom stereocenters. The van der Waals surface area contributed by atoms with Crippen molar-refractivity contribution in [2.45, 2.75) is 56.9 Å². The first kappa shape index (κ1) is 26.5. The second-order valence-corrected chi connectivity index (χ2v) is 12.5. The number of fused-ring (bicyclic) bond motifs is 7. The van der Waals surface area contributed by atoms with Gasteiger partial charge in [-0.2, -0.15) is 0 Å². The second kappa shape index (κ2) is 8.62. The van der Waals surface area contributed by atoms with Crippen molar-refractivity contribution in [2.24, 2.45) is 34.3 Å². The van der Waals surface area contributed by atoms with Crippen molar-refractivity contribution < 1.29 is 33.5 Å². The highest BCUT2D eigenvalue weighted by atomic mass is 35.5. The monoisotopic (exact) mass is 558 g/mol. The van der Waals surface area contributed by atoms with Gasteiger partial charge >= 0.3 is 5.97 Å².